The summed E-state index contributed by atoms with van der Waals surface area (Å²) in [6, 6.07) is 14.8. The number of rotatable bonds is 5. The van der Waals surface area contributed by atoms with E-state index < -0.39 is 0 Å². The molecule has 0 fully saturated rings. The molecular weight excluding hydrogens is 208 g/mol. The van der Waals surface area contributed by atoms with Crippen molar-refractivity contribution in [2.45, 2.75) is 19.3 Å². The molecule has 0 saturated heterocycles. The van der Waals surface area contributed by atoms with E-state index in [4.69, 9.17) is 5.11 Å². The Labute approximate surface area is 102 Å². The van der Waals surface area contributed by atoms with E-state index >= 15 is 0 Å². The lowest BCUT2D eigenvalue weighted by Crippen LogP contribution is -1.81. The van der Waals surface area contributed by atoms with Crippen LogP contribution in [0.25, 0.3) is 16.8 Å². The highest BCUT2D eigenvalue weighted by Crippen LogP contribution is 2.19. The highest BCUT2D eigenvalue weighted by atomic mass is 16.2. The number of hydrogen-bond donors (Lipinski definition) is 1. The molecule has 1 heteroatoms. The summed E-state index contributed by atoms with van der Waals surface area (Å²) < 4.78 is 0. The molecule has 0 radical (unpaired) electrons. The minimum absolute atomic E-state index is 0.294. The van der Waals surface area contributed by atoms with Gasteiger partial charge in [-0.1, -0.05) is 54.6 Å². The first-order valence-corrected chi connectivity index (χ1v) is 6.17. The van der Waals surface area contributed by atoms with Gasteiger partial charge >= 0.3 is 0 Å². The molecule has 2 aromatic rings. The van der Waals surface area contributed by atoms with Crippen molar-refractivity contribution in [1.82, 2.24) is 0 Å². The lowest BCUT2D eigenvalue weighted by molar-refractivity contribution is 0.285. The monoisotopic (exact) mass is 226 g/mol. The fourth-order valence-corrected chi connectivity index (χ4v) is 1.98. The highest BCUT2D eigenvalue weighted by Gasteiger charge is 1.95. The fourth-order valence-electron chi connectivity index (χ4n) is 1.98. The third kappa shape index (κ3) is 3.18. The van der Waals surface area contributed by atoms with Crippen molar-refractivity contribution < 1.29 is 5.11 Å². The van der Waals surface area contributed by atoms with E-state index in [9.17, 15) is 0 Å². The molecule has 0 unspecified atom stereocenters. The molecule has 2 aromatic carbocycles. The standard InChI is InChI=1S/C16H18O/c17-13-6-2-1-3-8-14-10-7-11-15-9-4-5-12-16(14)15/h3-5,7-12,17H,1-2,6,13H2. The predicted octanol–water partition coefficient (Wildman–Crippen LogP) is 4.02. The first kappa shape index (κ1) is 11.9. The number of allylic oxidation sites excluding steroid dienone is 1. The molecule has 0 amide bonds. The minimum Gasteiger partial charge on any atom is -0.396 e. The molecule has 0 aromatic heterocycles. The molecule has 0 spiro atoms. The minimum atomic E-state index is 0.294. The summed E-state index contributed by atoms with van der Waals surface area (Å²) in [4.78, 5) is 0. The van der Waals surface area contributed by atoms with Crippen LogP contribution in [0.1, 0.15) is 24.8 Å². The zero-order valence-electron chi connectivity index (χ0n) is 9.97. The second-order valence-electron chi connectivity index (χ2n) is 4.19. The zero-order chi connectivity index (χ0) is 11.9. The molecule has 0 aliphatic carbocycles. The molecule has 0 aliphatic rings. The summed E-state index contributed by atoms with van der Waals surface area (Å²) >= 11 is 0. The number of unbranched alkanes of at least 4 members (excludes halogenated alkanes) is 2. The Kier molecular flexibility index (Phi) is 4.34. The van der Waals surface area contributed by atoms with Gasteiger partial charge in [-0.25, -0.2) is 0 Å². The van der Waals surface area contributed by atoms with Crippen molar-refractivity contribution in [2.24, 2.45) is 0 Å². The quantitative estimate of drug-likeness (QED) is 0.763. The van der Waals surface area contributed by atoms with Crippen molar-refractivity contribution in [3.63, 3.8) is 0 Å². The van der Waals surface area contributed by atoms with Crippen molar-refractivity contribution >= 4 is 16.8 Å². The lowest BCUT2D eigenvalue weighted by Gasteiger charge is -2.01. The lowest BCUT2D eigenvalue weighted by atomic mass is 10.0. The van der Waals surface area contributed by atoms with Crippen molar-refractivity contribution in [3.8, 4) is 0 Å². The Bertz CT molecular complexity index is 494. The largest absolute Gasteiger partial charge is 0.396 e. The summed E-state index contributed by atoms with van der Waals surface area (Å²) in [5.74, 6) is 0. The molecule has 0 saturated carbocycles. The van der Waals surface area contributed by atoms with E-state index in [0.717, 1.165) is 19.3 Å². The Morgan fingerprint density at radius 3 is 2.65 bits per heavy atom. The average Bonchev–Trinajstić information content (AvgIpc) is 2.39. The smallest absolute Gasteiger partial charge is 0.0431 e. The van der Waals surface area contributed by atoms with Gasteiger partial charge in [-0.05, 0) is 35.6 Å². The van der Waals surface area contributed by atoms with Gasteiger partial charge in [-0.15, -0.1) is 0 Å². The van der Waals surface area contributed by atoms with Crippen LogP contribution >= 0.6 is 0 Å². The van der Waals surface area contributed by atoms with E-state index in [1.165, 1.54) is 16.3 Å². The molecule has 1 N–H and O–H groups in total. The third-order valence-electron chi connectivity index (χ3n) is 2.90. The number of benzene rings is 2. The molecule has 1 nitrogen and oxygen atoms in total. The van der Waals surface area contributed by atoms with Gasteiger partial charge in [0.15, 0.2) is 0 Å². The first-order valence-electron chi connectivity index (χ1n) is 6.17. The second-order valence-corrected chi connectivity index (χ2v) is 4.19. The van der Waals surface area contributed by atoms with E-state index in [1.807, 2.05) is 0 Å². The summed E-state index contributed by atoms with van der Waals surface area (Å²) in [5.41, 5.74) is 1.27. The van der Waals surface area contributed by atoms with Gasteiger partial charge in [0.05, 0.1) is 0 Å². The van der Waals surface area contributed by atoms with Crippen LogP contribution in [0.5, 0.6) is 0 Å². The summed E-state index contributed by atoms with van der Waals surface area (Å²) in [6.07, 6.45) is 7.35. The van der Waals surface area contributed by atoms with Crippen LogP contribution in [-0.4, -0.2) is 11.7 Å². The van der Waals surface area contributed by atoms with Crippen LogP contribution in [0.15, 0.2) is 48.5 Å². The molecule has 0 aliphatic heterocycles. The molecule has 2 rings (SSSR count). The maximum atomic E-state index is 8.70. The third-order valence-corrected chi connectivity index (χ3v) is 2.90. The van der Waals surface area contributed by atoms with Gasteiger partial charge in [0.1, 0.15) is 0 Å². The van der Waals surface area contributed by atoms with Crippen LogP contribution in [0, 0.1) is 0 Å². The summed E-state index contributed by atoms with van der Waals surface area (Å²) in [6.45, 7) is 0.294. The number of aliphatic hydroxyl groups excluding tert-OH is 1. The van der Waals surface area contributed by atoms with Crippen LogP contribution in [0.3, 0.4) is 0 Å². The Hall–Kier alpha value is -1.60. The molecule has 0 heterocycles. The van der Waals surface area contributed by atoms with Crippen LogP contribution in [0.4, 0.5) is 0 Å². The summed E-state index contributed by atoms with van der Waals surface area (Å²) in [7, 11) is 0. The fraction of sp³-hybridized carbons (Fsp3) is 0.250. The zero-order valence-corrected chi connectivity index (χ0v) is 9.97. The van der Waals surface area contributed by atoms with Crippen molar-refractivity contribution in [3.05, 3.63) is 54.1 Å². The molecule has 88 valence electrons. The predicted molar refractivity (Wildman–Crippen MR) is 73.9 cm³/mol. The van der Waals surface area contributed by atoms with Crippen LogP contribution in [0.2, 0.25) is 0 Å². The van der Waals surface area contributed by atoms with Gasteiger partial charge in [0, 0.05) is 6.61 Å². The van der Waals surface area contributed by atoms with Gasteiger partial charge in [-0.3, -0.25) is 0 Å². The topological polar surface area (TPSA) is 20.2 Å². The van der Waals surface area contributed by atoms with Crippen LogP contribution < -0.4 is 0 Å². The van der Waals surface area contributed by atoms with Gasteiger partial charge in [0.2, 0.25) is 0 Å². The number of fused-ring (bicyclic) bond motifs is 1. The maximum Gasteiger partial charge on any atom is 0.0431 e. The van der Waals surface area contributed by atoms with Gasteiger partial charge in [-0.2, -0.15) is 0 Å². The Morgan fingerprint density at radius 1 is 0.941 bits per heavy atom. The second kappa shape index (κ2) is 6.21. The molecule has 0 bridgehead atoms. The van der Waals surface area contributed by atoms with E-state index in [1.54, 1.807) is 0 Å². The Balaban J connectivity index is 2.13. The molecule has 0 atom stereocenters. The summed E-state index contributed by atoms with van der Waals surface area (Å²) in [5, 5.41) is 11.3. The first-order chi connectivity index (χ1) is 8.42. The average molecular weight is 226 g/mol. The maximum absolute atomic E-state index is 8.70. The Morgan fingerprint density at radius 2 is 1.76 bits per heavy atom. The highest BCUT2D eigenvalue weighted by molar-refractivity contribution is 5.90. The van der Waals surface area contributed by atoms with Gasteiger partial charge < -0.3 is 5.11 Å². The van der Waals surface area contributed by atoms with Crippen molar-refractivity contribution in [2.75, 3.05) is 6.61 Å². The van der Waals surface area contributed by atoms with Crippen LogP contribution in [-0.2, 0) is 0 Å². The SMILES string of the molecule is OCCCCC=Cc1cccc2ccccc12. The molecule has 17 heavy (non-hydrogen) atoms. The van der Waals surface area contributed by atoms with Crippen molar-refractivity contribution in [1.29, 1.82) is 0 Å². The number of aliphatic hydroxyl groups is 1. The van der Waals surface area contributed by atoms with E-state index in [2.05, 4.69) is 54.6 Å². The normalized spacial score (nSPS) is 11.4. The number of hydrogen-bond acceptors (Lipinski definition) is 1. The van der Waals surface area contributed by atoms with Gasteiger partial charge in [0.25, 0.3) is 0 Å². The van der Waals surface area contributed by atoms with E-state index in [-0.39, 0.29) is 0 Å². The molecular formula is C16H18O. The van der Waals surface area contributed by atoms with E-state index in [0.29, 0.717) is 6.61 Å².